The van der Waals surface area contributed by atoms with Gasteiger partial charge < -0.3 is 5.32 Å². The van der Waals surface area contributed by atoms with Gasteiger partial charge in [0.25, 0.3) is 5.82 Å². The lowest BCUT2D eigenvalue weighted by Gasteiger charge is -2.21. The molecule has 2 aromatic heterocycles. The van der Waals surface area contributed by atoms with Gasteiger partial charge in [0.2, 0.25) is 4.96 Å². The van der Waals surface area contributed by atoms with E-state index in [2.05, 4.69) is 20.6 Å². The van der Waals surface area contributed by atoms with Crippen molar-refractivity contribution in [3.05, 3.63) is 10.8 Å². The predicted molar refractivity (Wildman–Crippen MR) is 67.6 cm³/mol. The van der Waals surface area contributed by atoms with Crippen LogP contribution in [-0.2, 0) is 12.6 Å². The van der Waals surface area contributed by atoms with Gasteiger partial charge in [0, 0.05) is 6.42 Å². The number of fused-ring (bicyclic) bond motifs is 1. The molecule has 3 rings (SSSR count). The summed E-state index contributed by atoms with van der Waals surface area (Å²) in [5.74, 6) is -0.412. The minimum Gasteiger partial charge on any atom is -0.317 e. The highest BCUT2D eigenvalue weighted by Gasteiger charge is 2.38. The van der Waals surface area contributed by atoms with Crippen molar-refractivity contribution in [2.75, 3.05) is 13.1 Å². The summed E-state index contributed by atoms with van der Waals surface area (Å²) in [4.78, 5) is 0.206. The number of nitrogens with zero attached hydrogens (tertiary/aromatic N) is 4. The van der Waals surface area contributed by atoms with Gasteiger partial charge >= 0.3 is 6.18 Å². The zero-order valence-corrected chi connectivity index (χ0v) is 11.5. The Morgan fingerprint density at radius 3 is 2.70 bits per heavy atom. The standard InChI is InChI=1S/C11H14F3N5S/c12-11(13,14)9-16-17-10-19(9)18-8(20-10)2-1-7-3-5-15-6-4-7/h7,15H,1-6H2. The van der Waals surface area contributed by atoms with Gasteiger partial charge in [0.15, 0.2) is 0 Å². The van der Waals surface area contributed by atoms with Crippen LogP contribution >= 0.6 is 11.3 Å². The molecule has 0 aromatic carbocycles. The zero-order valence-electron chi connectivity index (χ0n) is 10.7. The maximum absolute atomic E-state index is 12.7. The van der Waals surface area contributed by atoms with Crippen LogP contribution in [0, 0.1) is 5.92 Å². The molecule has 0 bridgehead atoms. The monoisotopic (exact) mass is 305 g/mol. The van der Waals surface area contributed by atoms with E-state index in [-0.39, 0.29) is 4.96 Å². The second-order valence-electron chi connectivity index (χ2n) is 4.94. The van der Waals surface area contributed by atoms with Gasteiger partial charge in [-0.15, -0.1) is 10.2 Å². The fourth-order valence-electron chi connectivity index (χ4n) is 2.43. The van der Waals surface area contributed by atoms with Crippen molar-refractivity contribution >= 4 is 16.3 Å². The highest BCUT2D eigenvalue weighted by molar-refractivity contribution is 7.16. The van der Waals surface area contributed by atoms with Crippen molar-refractivity contribution < 1.29 is 13.2 Å². The Hall–Kier alpha value is -1.22. The molecule has 110 valence electrons. The summed E-state index contributed by atoms with van der Waals surface area (Å²) >= 11 is 1.19. The van der Waals surface area contributed by atoms with Crippen molar-refractivity contribution in [3.63, 3.8) is 0 Å². The van der Waals surface area contributed by atoms with Crippen LogP contribution in [0.1, 0.15) is 30.1 Å². The number of aryl methyl sites for hydroxylation is 1. The van der Waals surface area contributed by atoms with Crippen molar-refractivity contribution in [1.29, 1.82) is 0 Å². The van der Waals surface area contributed by atoms with Crippen LogP contribution in [0.2, 0.25) is 0 Å². The third kappa shape index (κ3) is 2.78. The van der Waals surface area contributed by atoms with Crippen LogP contribution in [0.3, 0.4) is 0 Å². The summed E-state index contributed by atoms with van der Waals surface area (Å²) < 4.78 is 38.8. The SMILES string of the molecule is FC(F)(F)c1nnc2sc(CCC3CCNCC3)nn12. The topological polar surface area (TPSA) is 55.1 Å². The Morgan fingerprint density at radius 2 is 2.00 bits per heavy atom. The van der Waals surface area contributed by atoms with E-state index in [4.69, 9.17) is 0 Å². The summed E-state index contributed by atoms with van der Waals surface area (Å²) in [6.45, 7) is 2.04. The molecule has 0 radical (unpaired) electrons. The van der Waals surface area contributed by atoms with E-state index >= 15 is 0 Å². The molecule has 5 nitrogen and oxygen atoms in total. The third-order valence-corrected chi connectivity index (χ3v) is 4.47. The van der Waals surface area contributed by atoms with Gasteiger partial charge in [0.1, 0.15) is 5.01 Å². The van der Waals surface area contributed by atoms with E-state index in [0.29, 0.717) is 17.3 Å². The Kier molecular flexibility index (Phi) is 3.63. The second kappa shape index (κ2) is 5.28. The molecule has 0 atom stereocenters. The second-order valence-corrected chi connectivity index (χ2v) is 5.98. The molecule has 0 saturated carbocycles. The van der Waals surface area contributed by atoms with Gasteiger partial charge in [0.05, 0.1) is 0 Å². The molecule has 1 N–H and O–H groups in total. The molecule has 0 aliphatic carbocycles. The summed E-state index contributed by atoms with van der Waals surface area (Å²) in [6, 6.07) is 0. The highest BCUT2D eigenvalue weighted by atomic mass is 32.1. The third-order valence-electron chi connectivity index (χ3n) is 3.51. The molecule has 2 aromatic rings. The number of alkyl halides is 3. The molecule has 0 unspecified atom stereocenters. The molecule has 0 spiro atoms. The summed E-state index contributed by atoms with van der Waals surface area (Å²) in [6.07, 6.45) is -0.599. The molecule has 9 heteroatoms. The van der Waals surface area contributed by atoms with Crippen LogP contribution in [0.25, 0.3) is 4.96 Å². The van der Waals surface area contributed by atoms with E-state index < -0.39 is 12.0 Å². The van der Waals surface area contributed by atoms with Crippen molar-refractivity contribution in [2.24, 2.45) is 5.92 Å². The maximum atomic E-state index is 12.7. The minimum absolute atomic E-state index is 0.206. The summed E-state index contributed by atoms with van der Waals surface area (Å²) in [5, 5.41) is 14.7. The fourth-order valence-corrected chi connectivity index (χ4v) is 3.28. The number of hydrogen-bond donors (Lipinski definition) is 1. The molecule has 1 fully saturated rings. The number of halogens is 3. The predicted octanol–water partition coefficient (Wildman–Crippen LogP) is 2.14. The van der Waals surface area contributed by atoms with Crippen LogP contribution < -0.4 is 5.32 Å². The quantitative estimate of drug-likeness (QED) is 0.944. The maximum Gasteiger partial charge on any atom is 0.453 e. The first-order chi connectivity index (χ1) is 9.54. The largest absolute Gasteiger partial charge is 0.453 e. The lowest BCUT2D eigenvalue weighted by Crippen LogP contribution is -2.27. The van der Waals surface area contributed by atoms with Crippen LogP contribution in [0.4, 0.5) is 13.2 Å². The zero-order chi connectivity index (χ0) is 14.2. The molecule has 1 aliphatic heterocycles. The first kappa shape index (κ1) is 13.7. The Morgan fingerprint density at radius 1 is 1.25 bits per heavy atom. The normalized spacial score (nSPS) is 17.9. The first-order valence-electron chi connectivity index (χ1n) is 6.53. The lowest BCUT2D eigenvalue weighted by molar-refractivity contribution is -0.146. The van der Waals surface area contributed by atoms with E-state index in [9.17, 15) is 13.2 Å². The van der Waals surface area contributed by atoms with E-state index in [0.717, 1.165) is 36.9 Å². The van der Waals surface area contributed by atoms with Crippen LogP contribution in [0.15, 0.2) is 0 Å². The highest BCUT2D eigenvalue weighted by Crippen LogP contribution is 2.29. The molecular formula is C11H14F3N5S. The smallest absolute Gasteiger partial charge is 0.317 e. The average Bonchev–Trinajstić information content (AvgIpc) is 2.95. The molecule has 20 heavy (non-hydrogen) atoms. The van der Waals surface area contributed by atoms with Gasteiger partial charge in [-0.2, -0.15) is 22.8 Å². The first-order valence-corrected chi connectivity index (χ1v) is 7.35. The number of piperidine rings is 1. The fraction of sp³-hybridized carbons (Fsp3) is 0.727. The minimum atomic E-state index is -4.51. The van der Waals surface area contributed by atoms with Crippen molar-refractivity contribution in [2.45, 2.75) is 31.9 Å². The van der Waals surface area contributed by atoms with Gasteiger partial charge in [-0.1, -0.05) is 11.3 Å². The Labute approximate surface area is 117 Å². The molecular weight excluding hydrogens is 291 g/mol. The number of rotatable bonds is 3. The van der Waals surface area contributed by atoms with Crippen molar-refractivity contribution in [3.8, 4) is 0 Å². The van der Waals surface area contributed by atoms with Crippen LogP contribution in [0.5, 0.6) is 0 Å². The van der Waals surface area contributed by atoms with Gasteiger partial charge in [-0.25, -0.2) is 0 Å². The van der Waals surface area contributed by atoms with Crippen molar-refractivity contribution in [1.82, 2.24) is 25.1 Å². The number of hydrogen-bond acceptors (Lipinski definition) is 5. The number of aromatic nitrogens is 4. The van der Waals surface area contributed by atoms with Gasteiger partial charge in [-0.3, -0.25) is 0 Å². The Balaban J connectivity index is 1.71. The lowest BCUT2D eigenvalue weighted by atomic mass is 9.93. The van der Waals surface area contributed by atoms with Crippen LogP contribution in [-0.4, -0.2) is 32.9 Å². The van der Waals surface area contributed by atoms with Gasteiger partial charge in [-0.05, 0) is 38.3 Å². The average molecular weight is 305 g/mol. The number of nitrogens with one attached hydrogen (secondary N) is 1. The molecule has 0 amide bonds. The molecule has 1 saturated heterocycles. The molecule has 3 heterocycles. The molecule has 1 aliphatic rings. The summed E-state index contributed by atoms with van der Waals surface area (Å²) in [5.41, 5.74) is 0. The van der Waals surface area contributed by atoms with E-state index in [1.165, 1.54) is 11.3 Å². The summed E-state index contributed by atoms with van der Waals surface area (Å²) in [7, 11) is 0. The Bertz CT molecular complexity index is 584. The van der Waals surface area contributed by atoms with E-state index in [1.54, 1.807) is 0 Å². The van der Waals surface area contributed by atoms with E-state index in [1.807, 2.05) is 0 Å².